The number of amides is 2. The maximum Gasteiger partial charge on any atom is 0.256 e. The highest BCUT2D eigenvalue weighted by molar-refractivity contribution is 5.95. The fraction of sp³-hybridized carbons (Fsp3) is 0.303. The largest absolute Gasteiger partial charge is 0.343 e. The second-order valence-electron chi connectivity index (χ2n) is 11.1. The zero-order chi connectivity index (χ0) is 29.3. The molecule has 1 unspecified atom stereocenters. The number of pyridine rings is 1. The van der Waals surface area contributed by atoms with Gasteiger partial charge in [-0.15, -0.1) is 0 Å². The Morgan fingerprint density at radius 3 is 2.31 bits per heavy atom. The summed E-state index contributed by atoms with van der Waals surface area (Å²) in [6.45, 7) is 2.39. The van der Waals surface area contributed by atoms with Gasteiger partial charge in [-0.1, -0.05) is 30.3 Å². The quantitative estimate of drug-likeness (QED) is 0.381. The van der Waals surface area contributed by atoms with Crippen LogP contribution in [0.3, 0.4) is 0 Å². The maximum atomic E-state index is 14.9. The molecule has 3 aromatic carbocycles. The van der Waals surface area contributed by atoms with E-state index in [4.69, 9.17) is 0 Å². The van der Waals surface area contributed by atoms with Crippen molar-refractivity contribution in [3.05, 3.63) is 118 Å². The first kappa shape index (κ1) is 27.8. The number of fused-ring (bicyclic) bond motifs is 1. The fourth-order valence-corrected chi connectivity index (χ4v) is 6.18. The Kier molecular flexibility index (Phi) is 7.60. The van der Waals surface area contributed by atoms with Crippen LogP contribution >= 0.6 is 0 Å². The third kappa shape index (κ3) is 5.44. The maximum absolute atomic E-state index is 14.9. The van der Waals surface area contributed by atoms with Crippen LogP contribution in [-0.2, 0) is 17.8 Å². The highest BCUT2D eigenvalue weighted by atomic mass is 19.1. The molecule has 6 rings (SSSR count). The van der Waals surface area contributed by atoms with Gasteiger partial charge in [-0.05, 0) is 73.3 Å². The molecule has 2 saturated heterocycles. The standard InChI is InChI=1S/C33H32F2N4O3/c34-25-9-6-23(7-10-25)21-33(13-3-14-36-33)32(42)38-18-16-37(17-19-38)31(41)27-20-24(8-11-28(27)35)22-39-15-12-30(40)26-4-1-2-5-29(26)39/h1-2,4-12,15,20,36H,3,13-14,16-19,21-22H2. The second-order valence-corrected chi connectivity index (χ2v) is 11.1. The molecule has 0 radical (unpaired) electrons. The Hall–Kier alpha value is -4.37. The van der Waals surface area contributed by atoms with E-state index in [1.165, 1.54) is 24.3 Å². The summed E-state index contributed by atoms with van der Waals surface area (Å²) in [6.07, 6.45) is 3.73. The van der Waals surface area contributed by atoms with E-state index in [0.29, 0.717) is 51.0 Å². The lowest BCUT2D eigenvalue weighted by Crippen LogP contribution is -2.60. The van der Waals surface area contributed by atoms with Crippen molar-refractivity contribution in [3.8, 4) is 0 Å². The summed E-state index contributed by atoms with van der Waals surface area (Å²) in [5, 5.41) is 4.00. The minimum absolute atomic E-state index is 0.0112. The van der Waals surface area contributed by atoms with Gasteiger partial charge in [-0.25, -0.2) is 8.78 Å². The molecular weight excluding hydrogens is 538 g/mol. The number of carbonyl (C=O) groups is 2. The van der Waals surface area contributed by atoms with Crippen molar-refractivity contribution in [2.24, 2.45) is 0 Å². The van der Waals surface area contributed by atoms with Gasteiger partial charge < -0.3 is 19.7 Å². The van der Waals surface area contributed by atoms with E-state index in [2.05, 4.69) is 5.32 Å². The summed E-state index contributed by atoms with van der Waals surface area (Å²) in [5.41, 5.74) is 1.55. The average molecular weight is 571 g/mol. The molecule has 7 nitrogen and oxygen atoms in total. The van der Waals surface area contributed by atoms with Crippen LogP contribution in [-0.4, -0.2) is 64.4 Å². The van der Waals surface area contributed by atoms with Crippen molar-refractivity contribution in [2.75, 3.05) is 32.7 Å². The molecule has 2 aliphatic heterocycles. The van der Waals surface area contributed by atoms with Gasteiger partial charge in [-0.2, -0.15) is 0 Å². The molecule has 4 aromatic rings. The summed E-state index contributed by atoms with van der Waals surface area (Å²) in [6, 6.07) is 19.6. The van der Waals surface area contributed by atoms with Gasteiger partial charge in [0, 0.05) is 50.4 Å². The summed E-state index contributed by atoms with van der Waals surface area (Å²) in [7, 11) is 0. The third-order valence-corrected chi connectivity index (χ3v) is 8.43. The van der Waals surface area contributed by atoms with Crippen molar-refractivity contribution in [3.63, 3.8) is 0 Å². The summed E-state index contributed by atoms with van der Waals surface area (Å²) in [4.78, 5) is 42.8. The number of benzene rings is 3. The molecule has 2 aliphatic rings. The number of hydrogen-bond donors (Lipinski definition) is 1. The lowest BCUT2D eigenvalue weighted by atomic mass is 9.87. The summed E-state index contributed by atoms with van der Waals surface area (Å²) < 4.78 is 30.3. The number of hydrogen-bond acceptors (Lipinski definition) is 4. The molecule has 216 valence electrons. The highest BCUT2D eigenvalue weighted by Gasteiger charge is 2.44. The summed E-state index contributed by atoms with van der Waals surface area (Å²) >= 11 is 0. The first-order valence-electron chi connectivity index (χ1n) is 14.3. The Morgan fingerprint density at radius 1 is 0.857 bits per heavy atom. The smallest absolute Gasteiger partial charge is 0.256 e. The SMILES string of the molecule is O=C(c1cc(Cn2ccc(=O)c3ccccc32)ccc1F)N1CCN(C(=O)C2(Cc3ccc(F)cc3)CCCN2)CC1. The van der Waals surface area contributed by atoms with Gasteiger partial charge in [0.1, 0.15) is 17.2 Å². The number of para-hydroxylation sites is 1. The van der Waals surface area contributed by atoms with Crippen molar-refractivity contribution >= 4 is 22.7 Å². The third-order valence-electron chi connectivity index (χ3n) is 8.43. The predicted molar refractivity (Wildman–Crippen MR) is 156 cm³/mol. The molecule has 9 heteroatoms. The zero-order valence-electron chi connectivity index (χ0n) is 23.2. The number of aromatic nitrogens is 1. The van der Waals surface area contributed by atoms with Crippen LogP contribution < -0.4 is 10.7 Å². The van der Waals surface area contributed by atoms with Gasteiger partial charge in [0.2, 0.25) is 5.91 Å². The van der Waals surface area contributed by atoms with Crippen LogP contribution in [0.4, 0.5) is 8.78 Å². The summed E-state index contributed by atoms with van der Waals surface area (Å²) in [5.74, 6) is -1.34. The topological polar surface area (TPSA) is 74.7 Å². The van der Waals surface area contributed by atoms with E-state index < -0.39 is 17.3 Å². The minimum atomic E-state index is -0.753. The number of rotatable bonds is 6. The van der Waals surface area contributed by atoms with Gasteiger partial charge in [0.25, 0.3) is 5.91 Å². The molecule has 1 aromatic heterocycles. The second kappa shape index (κ2) is 11.5. The van der Waals surface area contributed by atoms with Gasteiger partial charge in [0.15, 0.2) is 5.43 Å². The monoisotopic (exact) mass is 570 g/mol. The van der Waals surface area contributed by atoms with E-state index in [0.717, 1.165) is 29.6 Å². The van der Waals surface area contributed by atoms with Crippen LogP contribution in [0, 0.1) is 11.6 Å². The minimum Gasteiger partial charge on any atom is -0.343 e. The number of nitrogens with zero attached hydrogens (tertiary/aromatic N) is 3. The first-order chi connectivity index (χ1) is 20.3. The lowest BCUT2D eigenvalue weighted by molar-refractivity contribution is -0.139. The number of nitrogens with one attached hydrogen (secondary N) is 1. The van der Waals surface area contributed by atoms with Crippen LogP contribution in [0.2, 0.25) is 0 Å². The van der Waals surface area contributed by atoms with Gasteiger partial charge in [-0.3, -0.25) is 14.4 Å². The van der Waals surface area contributed by atoms with Crippen LogP contribution in [0.5, 0.6) is 0 Å². The van der Waals surface area contributed by atoms with Gasteiger partial charge in [0.05, 0.1) is 11.1 Å². The molecule has 1 atom stereocenters. The van der Waals surface area contributed by atoms with Crippen LogP contribution in [0.1, 0.15) is 34.3 Å². The number of carbonyl (C=O) groups excluding carboxylic acids is 2. The normalized spacial score (nSPS) is 18.9. The van der Waals surface area contributed by atoms with Crippen molar-refractivity contribution < 1.29 is 18.4 Å². The predicted octanol–water partition coefficient (Wildman–Crippen LogP) is 3.98. The lowest BCUT2D eigenvalue weighted by Gasteiger charge is -2.40. The number of piperazine rings is 1. The first-order valence-corrected chi connectivity index (χ1v) is 14.3. The molecule has 0 spiro atoms. The molecule has 42 heavy (non-hydrogen) atoms. The highest BCUT2D eigenvalue weighted by Crippen LogP contribution is 2.28. The van der Waals surface area contributed by atoms with E-state index in [-0.39, 0.29) is 22.7 Å². The molecule has 0 bridgehead atoms. The average Bonchev–Trinajstić information content (AvgIpc) is 3.50. The Balaban J connectivity index is 1.14. The molecule has 0 saturated carbocycles. The Morgan fingerprint density at radius 2 is 1.57 bits per heavy atom. The zero-order valence-corrected chi connectivity index (χ0v) is 23.2. The van der Waals surface area contributed by atoms with E-state index in [9.17, 15) is 23.2 Å². The van der Waals surface area contributed by atoms with Crippen LogP contribution in [0.25, 0.3) is 10.9 Å². The Labute approximate surface area is 242 Å². The molecule has 1 N–H and O–H groups in total. The van der Waals surface area contributed by atoms with Crippen molar-refractivity contribution in [1.82, 2.24) is 19.7 Å². The van der Waals surface area contributed by atoms with E-state index >= 15 is 0 Å². The number of halogens is 2. The molecule has 2 amide bonds. The fourth-order valence-electron chi connectivity index (χ4n) is 6.18. The van der Waals surface area contributed by atoms with Crippen molar-refractivity contribution in [2.45, 2.75) is 31.3 Å². The molecule has 2 fully saturated rings. The molecular formula is C33H32F2N4O3. The van der Waals surface area contributed by atoms with E-state index in [1.54, 1.807) is 46.3 Å². The van der Waals surface area contributed by atoms with Crippen LogP contribution in [0.15, 0.2) is 83.8 Å². The molecule has 0 aliphatic carbocycles. The Bertz CT molecular complexity index is 1690. The van der Waals surface area contributed by atoms with Crippen molar-refractivity contribution in [1.29, 1.82) is 0 Å². The van der Waals surface area contributed by atoms with Gasteiger partial charge >= 0.3 is 0 Å². The molecule has 3 heterocycles. The van der Waals surface area contributed by atoms with E-state index in [1.807, 2.05) is 22.8 Å².